The molecule has 180 valence electrons. The molecule has 0 fully saturated rings. The second kappa shape index (κ2) is 8.95. The summed E-state index contributed by atoms with van der Waals surface area (Å²) >= 11 is 0. The molecule has 8 nitrogen and oxygen atoms in total. The number of aryl methyl sites for hydroxylation is 1. The Labute approximate surface area is 202 Å². The van der Waals surface area contributed by atoms with Crippen LogP contribution in [0.15, 0.2) is 65.3 Å². The van der Waals surface area contributed by atoms with Crippen molar-refractivity contribution >= 4 is 43.9 Å². The number of nitrogens with two attached hydrogens (primary N) is 1. The van der Waals surface area contributed by atoms with Gasteiger partial charge < -0.3 is 15.6 Å². The van der Waals surface area contributed by atoms with Crippen LogP contribution in [0.25, 0.3) is 33.4 Å². The molecule has 0 aliphatic rings. The van der Waals surface area contributed by atoms with Gasteiger partial charge in [-0.15, -0.1) is 0 Å². The number of nitrogen functional groups attached to an aromatic ring is 1. The normalized spacial score (nSPS) is 11.5. The maximum absolute atomic E-state index is 15.0. The van der Waals surface area contributed by atoms with E-state index in [9.17, 15) is 9.00 Å². The summed E-state index contributed by atoms with van der Waals surface area (Å²) in [6, 6.07) is 11.8. The van der Waals surface area contributed by atoms with Crippen molar-refractivity contribution in [1.82, 2.24) is 14.5 Å². The van der Waals surface area contributed by atoms with E-state index in [0.29, 0.717) is 33.4 Å². The van der Waals surface area contributed by atoms with Gasteiger partial charge in [0.2, 0.25) is 0 Å². The van der Waals surface area contributed by atoms with Crippen molar-refractivity contribution in [3.8, 4) is 22.4 Å². The Bertz CT molecular complexity index is 1610. The first-order valence-electron chi connectivity index (χ1n) is 10.6. The Hall–Kier alpha value is -4.05. The lowest BCUT2D eigenvalue weighted by Crippen LogP contribution is -2.11. The third-order valence-corrected chi connectivity index (χ3v) is 5.99. The maximum atomic E-state index is 15.0. The third-order valence-electron chi connectivity index (χ3n) is 5.35. The Morgan fingerprint density at radius 2 is 1.80 bits per heavy atom. The van der Waals surface area contributed by atoms with Gasteiger partial charge in [-0.3, -0.25) is 4.79 Å². The van der Waals surface area contributed by atoms with Crippen LogP contribution in [0.5, 0.6) is 0 Å². The van der Waals surface area contributed by atoms with Crippen LogP contribution in [-0.2, 0) is 21.6 Å². The van der Waals surface area contributed by atoms with Crippen LogP contribution in [0.2, 0.25) is 0 Å². The number of halogens is 1. The van der Waals surface area contributed by atoms with E-state index in [1.807, 2.05) is 23.7 Å². The zero-order valence-corrected chi connectivity index (χ0v) is 20.6. The highest BCUT2D eigenvalue weighted by molar-refractivity contribution is 7.92. The summed E-state index contributed by atoms with van der Waals surface area (Å²) in [6.45, 7) is 5.28. The van der Waals surface area contributed by atoms with Gasteiger partial charge in [-0.05, 0) is 42.3 Å². The van der Waals surface area contributed by atoms with Crippen LogP contribution in [0.1, 0.15) is 6.92 Å². The molecule has 0 atom stereocenters. The second-order valence-corrected chi connectivity index (χ2v) is 11.0. The van der Waals surface area contributed by atoms with Gasteiger partial charge >= 0.3 is 0 Å². The molecule has 0 aliphatic carbocycles. The van der Waals surface area contributed by atoms with E-state index in [1.54, 1.807) is 25.1 Å². The van der Waals surface area contributed by atoms with E-state index in [0.717, 1.165) is 11.3 Å². The maximum Gasteiger partial charge on any atom is 0.250 e. The summed E-state index contributed by atoms with van der Waals surface area (Å²) in [5.74, 6) is -0.609. The zero-order valence-electron chi connectivity index (χ0n) is 19.8. The Morgan fingerprint density at radius 1 is 1.14 bits per heavy atom. The summed E-state index contributed by atoms with van der Waals surface area (Å²) in [6.07, 6.45) is 4.27. The third kappa shape index (κ3) is 4.78. The molecule has 0 unspecified atom stereocenters. The molecule has 0 radical (unpaired) electrons. The lowest BCUT2D eigenvalue weighted by Gasteiger charge is -2.11. The summed E-state index contributed by atoms with van der Waals surface area (Å²) < 4.78 is 32.9. The van der Waals surface area contributed by atoms with E-state index < -0.39 is 15.5 Å². The molecule has 4 rings (SSSR count). The molecule has 3 N–H and O–H groups in total. The topological polar surface area (TPSA) is 115 Å². The monoisotopic (exact) mass is 492 g/mol. The van der Waals surface area contributed by atoms with E-state index >= 15 is 4.39 Å². The van der Waals surface area contributed by atoms with Gasteiger partial charge in [0.25, 0.3) is 5.91 Å². The van der Waals surface area contributed by atoms with Crippen molar-refractivity contribution in [2.24, 2.45) is 11.4 Å². The first-order valence-corrected chi connectivity index (χ1v) is 12.9. The van der Waals surface area contributed by atoms with Crippen LogP contribution in [0, 0.1) is 5.82 Å². The fourth-order valence-corrected chi connectivity index (χ4v) is 4.44. The SMILES string of the molecule is C=C(C)C(=O)Nc1ccc(-c2c(-c3ccc(N=S(C)(C)=O)c(F)c3)c3c(N)ncnc3n2C)cc1. The molecule has 10 heteroatoms. The summed E-state index contributed by atoms with van der Waals surface area (Å²) in [4.78, 5) is 20.5. The van der Waals surface area contributed by atoms with Gasteiger partial charge in [0.15, 0.2) is 0 Å². The fraction of sp³-hybridized carbons (Fsp3) is 0.160. The first kappa shape index (κ1) is 24.1. The summed E-state index contributed by atoms with van der Waals surface area (Å²) in [7, 11) is -0.687. The van der Waals surface area contributed by atoms with Crippen LogP contribution < -0.4 is 11.1 Å². The molecular weight excluding hydrogens is 467 g/mol. The van der Waals surface area contributed by atoms with Gasteiger partial charge in [0.1, 0.15) is 29.3 Å². The lowest BCUT2D eigenvalue weighted by atomic mass is 9.98. The minimum atomic E-state index is -2.53. The summed E-state index contributed by atoms with van der Waals surface area (Å²) in [5, 5.41) is 3.36. The first-order chi connectivity index (χ1) is 16.5. The zero-order chi connectivity index (χ0) is 25.5. The molecule has 0 spiro atoms. The average Bonchev–Trinajstić information content (AvgIpc) is 3.08. The van der Waals surface area contributed by atoms with Gasteiger partial charge in [0, 0.05) is 46.1 Å². The number of rotatable bonds is 5. The number of hydrogen-bond acceptors (Lipinski definition) is 6. The number of amides is 1. The Balaban J connectivity index is 1.92. The van der Waals surface area contributed by atoms with E-state index in [4.69, 9.17) is 5.73 Å². The number of carbonyl (C=O) groups is 1. The van der Waals surface area contributed by atoms with Crippen molar-refractivity contribution in [2.45, 2.75) is 6.92 Å². The smallest absolute Gasteiger partial charge is 0.250 e. The van der Waals surface area contributed by atoms with Crippen LogP contribution in [0.3, 0.4) is 0 Å². The Kier molecular flexibility index (Phi) is 6.16. The number of hydrogen-bond donors (Lipinski definition) is 2. The van der Waals surface area contributed by atoms with Crippen molar-refractivity contribution in [3.05, 3.63) is 66.8 Å². The number of benzene rings is 2. The molecule has 0 aliphatic heterocycles. The van der Waals surface area contributed by atoms with E-state index in [2.05, 4.69) is 26.2 Å². The van der Waals surface area contributed by atoms with Crippen molar-refractivity contribution in [1.29, 1.82) is 0 Å². The number of anilines is 2. The molecule has 1 amide bonds. The van der Waals surface area contributed by atoms with Gasteiger partial charge in [-0.25, -0.2) is 18.6 Å². The predicted octanol–water partition coefficient (Wildman–Crippen LogP) is 4.90. The van der Waals surface area contributed by atoms with Crippen molar-refractivity contribution in [3.63, 3.8) is 0 Å². The number of aromatic nitrogens is 3. The number of carbonyl (C=O) groups excluding carboxylic acids is 1. The van der Waals surface area contributed by atoms with Gasteiger partial charge in [-0.1, -0.05) is 24.8 Å². The van der Waals surface area contributed by atoms with Crippen LogP contribution >= 0.6 is 0 Å². The fourth-order valence-electron chi connectivity index (χ4n) is 3.82. The minimum absolute atomic E-state index is 0.0207. The highest BCUT2D eigenvalue weighted by atomic mass is 32.2. The summed E-state index contributed by atoms with van der Waals surface area (Å²) in [5.41, 5.74) is 10.6. The van der Waals surface area contributed by atoms with E-state index in [1.165, 1.54) is 31.0 Å². The number of nitrogens with zero attached hydrogens (tertiary/aromatic N) is 4. The van der Waals surface area contributed by atoms with Crippen molar-refractivity contribution in [2.75, 3.05) is 23.6 Å². The largest absolute Gasteiger partial charge is 0.383 e. The minimum Gasteiger partial charge on any atom is -0.383 e. The van der Waals surface area contributed by atoms with Crippen LogP contribution in [-0.4, -0.2) is 37.2 Å². The average molecular weight is 493 g/mol. The lowest BCUT2D eigenvalue weighted by molar-refractivity contribution is -0.112. The Morgan fingerprint density at radius 3 is 2.40 bits per heavy atom. The second-order valence-electron chi connectivity index (χ2n) is 8.49. The number of fused-ring (bicyclic) bond motifs is 1. The standard InChI is InChI=1S/C25H25FN6O2S/c1-14(2)25(33)30-17-9-6-15(7-10-17)22-20(21-23(27)28-13-29-24(21)32(22)3)16-8-11-19(18(26)12-16)31-35(4,5)34/h6-13H,1H2,2-5H3,(H,30,33)(H2,27,28,29). The molecule has 0 bridgehead atoms. The highest BCUT2D eigenvalue weighted by Gasteiger charge is 2.22. The number of nitrogens with one attached hydrogen (secondary N) is 1. The molecule has 2 heterocycles. The van der Waals surface area contributed by atoms with Crippen molar-refractivity contribution < 1.29 is 13.4 Å². The molecule has 35 heavy (non-hydrogen) atoms. The van der Waals surface area contributed by atoms with E-state index in [-0.39, 0.29) is 17.4 Å². The molecule has 0 saturated heterocycles. The molecule has 4 aromatic rings. The van der Waals surface area contributed by atoms with Crippen LogP contribution in [0.4, 0.5) is 21.6 Å². The molecular formula is C25H25FN6O2S. The quantitative estimate of drug-likeness (QED) is 0.385. The molecule has 2 aromatic carbocycles. The van der Waals surface area contributed by atoms with Gasteiger partial charge in [-0.2, -0.15) is 4.36 Å². The van der Waals surface area contributed by atoms with Gasteiger partial charge in [0.05, 0.1) is 11.1 Å². The molecule has 2 aromatic heterocycles. The molecule has 0 saturated carbocycles. The predicted molar refractivity (Wildman–Crippen MR) is 139 cm³/mol. The highest BCUT2D eigenvalue weighted by Crippen LogP contribution is 2.42.